The Morgan fingerprint density at radius 3 is 2.83 bits per heavy atom. The van der Waals surface area contributed by atoms with Gasteiger partial charge in [-0.25, -0.2) is 9.97 Å². The number of methoxy groups -OCH3 is 2. The van der Waals surface area contributed by atoms with Crippen molar-refractivity contribution in [1.82, 2.24) is 15.0 Å². The topological polar surface area (TPSA) is 81.3 Å². The molecule has 8 heteroatoms. The summed E-state index contributed by atoms with van der Waals surface area (Å²) in [6, 6.07) is 5.52. The van der Waals surface area contributed by atoms with Crippen LogP contribution < -0.4 is 10.1 Å². The molecular weight excluding hydrogens is 404 g/mol. The molecule has 0 bridgehead atoms. The minimum Gasteiger partial charge on any atom is -0.489 e. The van der Waals surface area contributed by atoms with Gasteiger partial charge in [-0.1, -0.05) is 11.6 Å². The number of benzene rings is 1. The standard InChI is InChI=1S/C22H27ClN4O3/c1-13(2)30-18-6-5-14(23)9-17(18)27-21-19-15-10-22(29-4,11-28-3)8-7-16(15)26-20(19)24-12-25-21/h5-6,9,12-13H,7-8,10-11H2,1-4H3,(H2,24,25,26,27). The molecule has 2 heterocycles. The van der Waals surface area contributed by atoms with Crippen molar-refractivity contribution >= 4 is 34.1 Å². The van der Waals surface area contributed by atoms with Crippen LogP contribution in [0.25, 0.3) is 11.0 Å². The zero-order valence-corrected chi connectivity index (χ0v) is 18.5. The largest absolute Gasteiger partial charge is 0.489 e. The zero-order chi connectivity index (χ0) is 21.3. The van der Waals surface area contributed by atoms with Crippen LogP contribution >= 0.6 is 11.6 Å². The number of hydrogen-bond acceptors (Lipinski definition) is 6. The molecule has 1 aliphatic carbocycles. The fourth-order valence-electron chi connectivity index (χ4n) is 4.11. The molecule has 1 unspecified atom stereocenters. The van der Waals surface area contributed by atoms with Gasteiger partial charge in [-0.05, 0) is 50.5 Å². The summed E-state index contributed by atoms with van der Waals surface area (Å²) >= 11 is 6.26. The van der Waals surface area contributed by atoms with E-state index in [9.17, 15) is 0 Å². The van der Waals surface area contributed by atoms with E-state index in [0.29, 0.717) is 17.4 Å². The number of rotatable bonds is 7. The summed E-state index contributed by atoms with van der Waals surface area (Å²) < 4.78 is 17.3. The van der Waals surface area contributed by atoms with Crippen LogP contribution in [0.15, 0.2) is 24.5 Å². The minimum atomic E-state index is -0.355. The van der Waals surface area contributed by atoms with Gasteiger partial charge in [0.1, 0.15) is 23.5 Å². The van der Waals surface area contributed by atoms with Gasteiger partial charge in [0, 0.05) is 31.4 Å². The van der Waals surface area contributed by atoms with Gasteiger partial charge in [-0.15, -0.1) is 0 Å². The lowest BCUT2D eigenvalue weighted by molar-refractivity contribution is -0.0721. The van der Waals surface area contributed by atoms with Crippen LogP contribution in [0.3, 0.4) is 0 Å². The molecule has 0 spiro atoms. The second kappa shape index (κ2) is 8.41. The number of hydrogen-bond donors (Lipinski definition) is 2. The van der Waals surface area contributed by atoms with E-state index in [2.05, 4.69) is 20.3 Å². The summed E-state index contributed by atoms with van der Waals surface area (Å²) in [5.41, 5.74) is 3.53. The monoisotopic (exact) mass is 430 g/mol. The Labute approximate surface area is 181 Å². The number of nitrogens with zero attached hydrogens (tertiary/aromatic N) is 2. The predicted molar refractivity (Wildman–Crippen MR) is 118 cm³/mol. The number of aryl methyl sites for hydroxylation is 1. The number of aromatic nitrogens is 3. The van der Waals surface area contributed by atoms with Crippen molar-refractivity contribution in [2.24, 2.45) is 0 Å². The SMILES string of the molecule is COCC1(OC)CCc2[nH]c3ncnc(Nc4cc(Cl)ccc4OC(C)C)c3c2C1. The van der Waals surface area contributed by atoms with E-state index in [1.54, 1.807) is 20.5 Å². The lowest BCUT2D eigenvalue weighted by Gasteiger charge is -2.35. The number of H-pyrrole nitrogens is 1. The quantitative estimate of drug-likeness (QED) is 0.567. The first-order chi connectivity index (χ1) is 14.4. The number of fused-ring (bicyclic) bond motifs is 3. The molecule has 1 atom stereocenters. The molecule has 160 valence electrons. The van der Waals surface area contributed by atoms with Crippen LogP contribution in [0.4, 0.5) is 11.5 Å². The third-order valence-electron chi connectivity index (χ3n) is 5.51. The lowest BCUT2D eigenvalue weighted by atomic mass is 9.83. The highest BCUT2D eigenvalue weighted by Gasteiger charge is 2.37. The molecule has 0 saturated carbocycles. The molecule has 1 aromatic carbocycles. The molecule has 4 rings (SSSR count). The van der Waals surface area contributed by atoms with Crippen LogP contribution in [0.1, 0.15) is 31.5 Å². The van der Waals surface area contributed by atoms with Crippen molar-refractivity contribution < 1.29 is 14.2 Å². The van der Waals surface area contributed by atoms with Gasteiger partial charge in [0.2, 0.25) is 0 Å². The zero-order valence-electron chi connectivity index (χ0n) is 17.7. The molecular formula is C22H27ClN4O3. The van der Waals surface area contributed by atoms with Crippen molar-refractivity contribution in [1.29, 1.82) is 0 Å². The van der Waals surface area contributed by atoms with E-state index in [-0.39, 0.29) is 11.7 Å². The predicted octanol–water partition coefficient (Wildman–Crippen LogP) is 4.66. The van der Waals surface area contributed by atoms with E-state index >= 15 is 0 Å². The van der Waals surface area contributed by atoms with Crippen LogP contribution in [0.2, 0.25) is 5.02 Å². The first-order valence-corrected chi connectivity index (χ1v) is 10.4. The third kappa shape index (κ3) is 3.97. The average molecular weight is 431 g/mol. The van der Waals surface area contributed by atoms with Crippen LogP contribution in [0.5, 0.6) is 5.75 Å². The molecule has 7 nitrogen and oxygen atoms in total. The molecule has 0 saturated heterocycles. The Bertz CT molecular complexity index is 1050. The van der Waals surface area contributed by atoms with Crippen LogP contribution in [-0.2, 0) is 22.3 Å². The summed E-state index contributed by atoms with van der Waals surface area (Å²) in [4.78, 5) is 12.5. The number of nitrogens with one attached hydrogen (secondary N) is 2. The number of ether oxygens (including phenoxy) is 3. The molecule has 2 aromatic heterocycles. The van der Waals surface area contributed by atoms with Crippen molar-refractivity contribution in [3.05, 3.63) is 40.8 Å². The maximum atomic E-state index is 6.26. The Morgan fingerprint density at radius 2 is 2.10 bits per heavy atom. The van der Waals surface area contributed by atoms with Crippen LogP contribution in [0, 0.1) is 0 Å². The fourth-order valence-corrected chi connectivity index (χ4v) is 4.28. The molecule has 1 aliphatic rings. The number of halogens is 1. The summed E-state index contributed by atoms with van der Waals surface area (Å²) in [6.45, 7) is 4.51. The maximum absolute atomic E-state index is 6.26. The average Bonchev–Trinajstić information content (AvgIpc) is 3.08. The van der Waals surface area contributed by atoms with E-state index in [1.165, 1.54) is 5.69 Å². The lowest BCUT2D eigenvalue weighted by Crippen LogP contribution is -2.42. The maximum Gasteiger partial charge on any atom is 0.143 e. The van der Waals surface area contributed by atoms with Crippen molar-refractivity contribution in [2.75, 3.05) is 26.1 Å². The first kappa shape index (κ1) is 20.9. The molecule has 0 radical (unpaired) electrons. The molecule has 0 fully saturated rings. The second-order valence-corrected chi connectivity index (χ2v) is 8.39. The van der Waals surface area contributed by atoms with Gasteiger partial charge in [0.05, 0.1) is 29.4 Å². The van der Waals surface area contributed by atoms with E-state index < -0.39 is 0 Å². The summed E-state index contributed by atoms with van der Waals surface area (Å²) in [6.07, 6.45) is 4.06. The molecule has 3 aromatic rings. The minimum absolute atomic E-state index is 0.0357. The normalized spacial score (nSPS) is 18.6. The van der Waals surface area contributed by atoms with Crippen molar-refractivity contribution in [3.63, 3.8) is 0 Å². The van der Waals surface area contributed by atoms with E-state index in [0.717, 1.165) is 47.3 Å². The van der Waals surface area contributed by atoms with Crippen LogP contribution in [-0.4, -0.2) is 47.5 Å². The summed E-state index contributed by atoms with van der Waals surface area (Å²) in [5.74, 6) is 1.42. The number of anilines is 2. The first-order valence-electron chi connectivity index (χ1n) is 10.1. The Balaban J connectivity index is 1.77. The smallest absolute Gasteiger partial charge is 0.143 e. The Kier molecular flexibility index (Phi) is 5.86. The molecule has 0 aliphatic heterocycles. The van der Waals surface area contributed by atoms with Gasteiger partial charge < -0.3 is 24.5 Å². The van der Waals surface area contributed by atoms with Gasteiger partial charge in [0.25, 0.3) is 0 Å². The molecule has 2 N–H and O–H groups in total. The highest BCUT2D eigenvalue weighted by molar-refractivity contribution is 6.31. The molecule has 30 heavy (non-hydrogen) atoms. The fraction of sp³-hybridized carbons (Fsp3) is 0.455. The van der Waals surface area contributed by atoms with Gasteiger partial charge in [-0.3, -0.25) is 0 Å². The molecule has 0 amide bonds. The van der Waals surface area contributed by atoms with Gasteiger partial charge in [0.15, 0.2) is 0 Å². The summed E-state index contributed by atoms with van der Waals surface area (Å²) in [7, 11) is 3.45. The van der Waals surface area contributed by atoms with E-state index in [4.69, 9.17) is 25.8 Å². The highest BCUT2D eigenvalue weighted by atomic mass is 35.5. The Hall–Kier alpha value is -2.35. The van der Waals surface area contributed by atoms with Crippen molar-refractivity contribution in [2.45, 2.75) is 44.8 Å². The summed E-state index contributed by atoms with van der Waals surface area (Å²) in [5, 5.41) is 5.00. The second-order valence-electron chi connectivity index (χ2n) is 7.96. The number of aromatic amines is 1. The highest BCUT2D eigenvalue weighted by Crippen LogP contribution is 2.39. The van der Waals surface area contributed by atoms with Gasteiger partial charge in [-0.2, -0.15) is 0 Å². The van der Waals surface area contributed by atoms with E-state index in [1.807, 2.05) is 32.0 Å². The Morgan fingerprint density at radius 1 is 1.27 bits per heavy atom. The third-order valence-corrected chi connectivity index (χ3v) is 5.75. The van der Waals surface area contributed by atoms with Crippen molar-refractivity contribution in [3.8, 4) is 5.75 Å². The van der Waals surface area contributed by atoms with Gasteiger partial charge >= 0.3 is 0 Å².